The lowest BCUT2D eigenvalue weighted by molar-refractivity contribution is 0.338. The van der Waals surface area contributed by atoms with E-state index in [-0.39, 0.29) is 11.8 Å². The first-order valence-electron chi connectivity index (χ1n) is 8.32. The van der Waals surface area contributed by atoms with Gasteiger partial charge in [-0.1, -0.05) is 24.3 Å². The largest absolute Gasteiger partial charge is 0.451 e. The monoisotopic (exact) mass is 332 g/mol. The van der Waals surface area contributed by atoms with Gasteiger partial charge in [-0.3, -0.25) is 0 Å². The van der Waals surface area contributed by atoms with Gasteiger partial charge in [-0.05, 0) is 43.9 Å². The summed E-state index contributed by atoms with van der Waals surface area (Å²) >= 11 is 0. The van der Waals surface area contributed by atoms with Crippen LogP contribution in [0.3, 0.4) is 0 Å². The summed E-state index contributed by atoms with van der Waals surface area (Å²) in [6, 6.07) is 12.0. The molecule has 0 amide bonds. The van der Waals surface area contributed by atoms with Crippen LogP contribution in [0.15, 0.2) is 42.5 Å². The van der Waals surface area contributed by atoms with Gasteiger partial charge in [-0.25, -0.2) is 8.78 Å². The SMILES string of the molecule is NC1CCC(NCc2ccc(F)c(Oc3ccccc3)c2F)CC1. The standard InChI is InChI=1S/C19H22F2N2O/c20-17-11-6-13(12-23-15-9-7-14(22)8-10-15)18(21)19(17)24-16-4-2-1-3-5-16/h1-6,11,14-15,23H,7-10,12,22H2. The molecule has 1 fully saturated rings. The molecule has 0 bridgehead atoms. The Hall–Kier alpha value is -1.98. The third-order valence-corrected chi connectivity index (χ3v) is 4.45. The Morgan fingerprint density at radius 2 is 1.71 bits per heavy atom. The Morgan fingerprint density at radius 3 is 2.42 bits per heavy atom. The van der Waals surface area contributed by atoms with E-state index in [0.717, 1.165) is 25.7 Å². The minimum atomic E-state index is -0.705. The number of para-hydroxylation sites is 1. The van der Waals surface area contributed by atoms with Gasteiger partial charge < -0.3 is 15.8 Å². The second-order valence-electron chi connectivity index (χ2n) is 6.26. The fourth-order valence-electron chi connectivity index (χ4n) is 2.99. The first kappa shape index (κ1) is 16.9. The molecule has 3 nitrogen and oxygen atoms in total. The lowest BCUT2D eigenvalue weighted by Crippen LogP contribution is -2.37. The molecule has 0 unspecified atom stereocenters. The molecule has 0 radical (unpaired) electrons. The molecule has 0 atom stereocenters. The van der Waals surface area contributed by atoms with Crippen molar-refractivity contribution in [3.8, 4) is 11.5 Å². The van der Waals surface area contributed by atoms with E-state index < -0.39 is 11.6 Å². The zero-order chi connectivity index (χ0) is 16.9. The van der Waals surface area contributed by atoms with Gasteiger partial charge in [0, 0.05) is 24.2 Å². The summed E-state index contributed by atoms with van der Waals surface area (Å²) in [4.78, 5) is 0. The minimum absolute atomic E-state index is 0.275. The van der Waals surface area contributed by atoms with Gasteiger partial charge >= 0.3 is 0 Å². The van der Waals surface area contributed by atoms with Gasteiger partial charge in [-0.2, -0.15) is 0 Å². The van der Waals surface area contributed by atoms with Crippen LogP contribution in [0.4, 0.5) is 8.78 Å². The smallest absolute Gasteiger partial charge is 0.198 e. The van der Waals surface area contributed by atoms with Gasteiger partial charge in [-0.15, -0.1) is 0 Å². The number of halogens is 2. The molecule has 1 aliphatic rings. The maximum atomic E-state index is 14.6. The molecule has 24 heavy (non-hydrogen) atoms. The van der Waals surface area contributed by atoms with E-state index in [1.165, 1.54) is 12.1 Å². The Labute approximate surface area is 140 Å². The van der Waals surface area contributed by atoms with Crippen LogP contribution in [0.1, 0.15) is 31.2 Å². The summed E-state index contributed by atoms with van der Waals surface area (Å²) in [5.74, 6) is -1.31. The van der Waals surface area contributed by atoms with Crippen molar-refractivity contribution in [3.63, 3.8) is 0 Å². The molecular formula is C19H22F2N2O. The lowest BCUT2D eigenvalue weighted by Gasteiger charge is -2.27. The fourth-order valence-corrected chi connectivity index (χ4v) is 2.99. The van der Waals surface area contributed by atoms with Crippen LogP contribution in [0, 0.1) is 11.6 Å². The Morgan fingerprint density at radius 1 is 1.00 bits per heavy atom. The highest BCUT2D eigenvalue weighted by Crippen LogP contribution is 2.29. The first-order valence-corrected chi connectivity index (χ1v) is 8.32. The zero-order valence-corrected chi connectivity index (χ0v) is 13.5. The summed E-state index contributed by atoms with van der Waals surface area (Å²) in [5.41, 5.74) is 6.29. The van der Waals surface area contributed by atoms with Crippen LogP contribution in [0.5, 0.6) is 11.5 Å². The van der Waals surface area contributed by atoms with Crippen LogP contribution in [-0.2, 0) is 6.54 Å². The van der Waals surface area contributed by atoms with Crippen molar-refractivity contribution < 1.29 is 13.5 Å². The molecular weight excluding hydrogens is 310 g/mol. The maximum Gasteiger partial charge on any atom is 0.198 e. The molecule has 0 heterocycles. The number of hydrogen-bond acceptors (Lipinski definition) is 3. The van der Waals surface area contributed by atoms with Gasteiger partial charge in [0.05, 0.1) is 0 Å². The van der Waals surface area contributed by atoms with Crippen LogP contribution in [-0.4, -0.2) is 12.1 Å². The van der Waals surface area contributed by atoms with Crippen LogP contribution in [0.25, 0.3) is 0 Å². The van der Waals surface area contributed by atoms with Crippen molar-refractivity contribution in [2.24, 2.45) is 5.73 Å². The normalized spacial score (nSPS) is 20.8. The quantitative estimate of drug-likeness (QED) is 0.866. The predicted molar refractivity (Wildman–Crippen MR) is 89.9 cm³/mol. The molecule has 1 saturated carbocycles. The molecule has 0 saturated heterocycles. The van der Waals surface area contributed by atoms with Crippen molar-refractivity contribution in [2.75, 3.05) is 0 Å². The number of rotatable bonds is 5. The van der Waals surface area contributed by atoms with E-state index in [1.807, 2.05) is 6.07 Å². The number of nitrogens with two attached hydrogens (primary N) is 1. The minimum Gasteiger partial charge on any atom is -0.451 e. The second-order valence-corrected chi connectivity index (χ2v) is 6.26. The third kappa shape index (κ3) is 4.10. The topological polar surface area (TPSA) is 47.3 Å². The number of hydrogen-bond donors (Lipinski definition) is 2. The predicted octanol–water partition coefficient (Wildman–Crippen LogP) is 4.12. The Balaban J connectivity index is 1.69. The molecule has 128 valence electrons. The van der Waals surface area contributed by atoms with Crippen LogP contribution in [0.2, 0.25) is 0 Å². The summed E-state index contributed by atoms with van der Waals surface area (Å²) in [6.07, 6.45) is 3.92. The zero-order valence-electron chi connectivity index (χ0n) is 13.5. The van der Waals surface area contributed by atoms with Crippen LogP contribution >= 0.6 is 0 Å². The lowest BCUT2D eigenvalue weighted by atomic mass is 9.92. The van der Waals surface area contributed by atoms with Crippen molar-refractivity contribution in [2.45, 2.75) is 44.3 Å². The van der Waals surface area contributed by atoms with E-state index in [4.69, 9.17) is 10.5 Å². The molecule has 2 aromatic rings. The summed E-state index contributed by atoms with van der Waals surface area (Å²) in [7, 11) is 0. The van der Waals surface area contributed by atoms with E-state index in [9.17, 15) is 8.78 Å². The van der Waals surface area contributed by atoms with Crippen molar-refractivity contribution in [1.82, 2.24) is 5.32 Å². The maximum absolute atomic E-state index is 14.6. The molecule has 0 aromatic heterocycles. The summed E-state index contributed by atoms with van der Waals surface area (Å²) in [6.45, 7) is 0.344. The highest BCUT2D eigenvalue weighted by molar-refractivity contribution is 5.37. The molecule has 2 aromatic carbocycles. The van der Waals surface area contributed by atoms with Crippen molar-refractivity contribution in [1.29, 1.82) is 0 Å². The molecule has 0 spiro atoms. The average Bonchev–Trinajstić information content (AvgIpc) is 2.60. The van der Waals surface area contributed by atoms with E-state index >= 15 is 0 Å². The summed E-state index contributed by atoms with van der Waals surface area (Å²) in [5, 5.41) is 3.34. The molecule has 3 rings (SSSR count). The van der Waals surface area contributed by atoms with Gasteiger partial charge in [0.15, 0.2) is 17.4 Å². The second kappa shape index (κ2) is 7.73. The number of ether oxygens (including phenoxy) is 1. The fraction of sp³-hybridized carbons (Fsp3) is 0.368. The molecule has 1 aliphatic carbocycles. The van der Waals surface area contributed by atoms with E-state index in [0.29, 0.717) is 23.9 Å². The van der Waals surface area contributed by atoms with E-state index in [1.54, 1.807) is 24.3 Å². The van der Waals surface area contributed by atoms with Crippen LogP contribution < -0.4 is 15.8 Å². The summed E-state index contributed by atoms with van der Waals surface area (Å²) < 4.78 is 34.0. The molecule has 0 aliphatic heterocycles. The van der Waals surface area contributed by atoms with Gasteiger partial charge in [0.2, 0.25) is 0 Å². The Bertz CT molecular complexity index is 671. The highest BCUT2D eigenvalue weighted by Gasteiger charge is 2.20. The first-order chi connectivity index (χ1) is 11.6. The Kier molecular flexibility index (Phi) is 5.43. The van der Waals surface area contributed by atoms with Gasteiger partial charge in [0.1, 0.15) is 5.75 Å². The average molecular weight is 332 g/mol. The number of benzene rings is 2. The van der Waals surface area contributed by atoms with Crippen molar-refractivity contribution in [3.05, 3.63) is 59.7 Å². The van der Waals surface area contributed by atoms with Gasteiger partial charge in [0.25, 0.3) is 0 Å². The van der Waals surface area contributed by atoms with E-state index in [2.05, 4.69) is 5.32 Å². The highest BCUT2D eigenvalue weighted by atomic mass is 19.1. The number of nitrogens with one attached hydrogen (secondary N) is 1. The third-order valence-electron chi connectivity index (χ3n) is 4.45. The molecule has 3 N–H and O–H groups in total. The van der Waals surface area contributed by atoms with Crippen molar-refractivity contribution >= 4 is 0 Å². The molecule has 5 heteroatoms.